The molecule has 0 aromatic heterocycles. The van der Waals surface area contributed by atoms with Crippen LogP contribution in [0, 0.1) is 5.41 Å². The van der Waals surface area contributed by atoms with Gasteiger partial charge in [-0.25, -0.2) is 4.79 Å². The van der Waals surface area contributed by atoms with E-state index in [1.54, 1.807) is 6.08 Å². The lowest BCUT2D eigenvalue weighted by atomic mass is 9.88. The van der Waals surface area contributed by atoms with Gasteiger partial charge in [-0.15, -0.1) is 0 Å². The predicted octanol–water partition coefficient (Wildman–Crippen LogP) is 2.95. The molecule has 1 aromatic rings. The molecule has 3 nitrogen and oxygen atoms in total. The molecular weight excluding hydrogens is 214 g/mol. The lowest BCUT2D eigenvalue weighted by Gasteiger charge is -2.25. The van der Waals surface area contributed by atoms with Crippen LogP contribution in [0.3, 0.4) is 0 Å². The molecule has 0 aliphatic carbocycles. The molecule has 92 valence electrons. The van der Waals surface area contributed by atoms with Crippen LogP contribution in [0.15, 0.2) is 35.3 Å². The Morgan fingerprint density at radius 1 is 1.29 bits per heavy atom. The minimum absolute atomic E-state index is 0.0892. The predicted molar refractivity (Wildman–Crippen MR) is 67.5 cm³/mol. The maximum Gasteiger partial charge on any atom is 0.235 e. The van der Waals surface area contributed by atoms with Crippen LogP contribution < -0.4 is 0 Å². The summed E-state index contributed by atoms with van der Waals surface area (Å²) in [6.45, 7) is 7.08. The topological polar surface area (TPSA) is 38.7 Å². The highest BCUT2D eigenvalue weighted by atomic mass is 16.5. The van der Waals surface area contributed by atoms with Crippen molar-refractivity contribution >= 4 is 6.08 Å². The van der Waals surface area contributed by atoms with Crippen molar-refractivity contribution in [2.45, 2.75) is 33.4 Å². The Balaban J connectivity index is 2.46. The smallest absolute Gasteiger partial charge is 0.235 e. The molecule has 0 N–H and O–H groups in total. The number of nitrogens with zero attached hydrogens (tertiary/aromatic N) is 1. The number of hydrogen-bond acceptors (Lipinski definition) is 3. The zero-order valence-electron chi connectivity index (χ0n) is 10.6. The summed E-state index contributed by atoms with van der Waals surface area (Å²) in [7, 11) is 0. The van der Waals surface area contributed by atoms with Crippen molar-refractivity contribution in [3.63, 3.8) is 0 Å². The van der Waals surface area contributed by atoms with Gasteiger partial charge in [0.05, 0.1) is 19.3 Å². The number of aliphatic imine (C=N–C) groups is 1. The summed E-state index contributed by atoms with van der Waals surface area (Å²) in [5.74, 6) is 0. The normalized spacial score (nSPS) is 12.9. The van der Waals surface area contributed by atoms with E-state index in [9.17, 15) is 4.79 Å². The van der Waals surface area contributed by atoms with Crippen LogP contribution in [0.2, 0.25) is 0 Å². The van der Waals surface area contributed by atoms with E-state index in [1.807, 2.05) is 51.1 Å². The van der Waals surface area contributed by atoms with Gasteiger partial charge in [0, 0.05) is 0 Å². The molecule has 1 rings (SSSR count). The van der Waals surface area contributed by atoms with Crippen molar-refractivity contribution in [1.82, 2.24) is 0 Å². The first-order valence-corrected chi connectivity index (χ1v) is 5.72. The second kappa shape index (κ2) is 6.33. The molecule has 0 bridgehead atoms. The van der Waals surface area contributed by atoms with Gasteiger partial charge in [-0.05, 0) is 11.0 Å². The van der Waals surface area contributed by atoms with Crippen LogP contribution in [0.1, 0.15) is 26.3 Å². The van der Waals surface area contributed by atoms with E-state index >= 15 is 0 Å². The van der Waals surface area contributed by atoms with E-state index in [-0.39, 0.29) is 11.5 Å². The van der Waals surface area contributed by atoms with E-state index in [0.29, 0.717) is 13.2 Å². The molecule has 0 heterocycles. The van der Waals surface area contributed by atoms with E-state index in [4.69, 9.17) is 4.74 Å². The standard InChI is InChI=1S/C14H19NO2/c1-14(2,3)13(15-11-16)10-17-9-12-7-5-4-6-8-12/h4-8,13H,9-10H2,1-3H3/t13-/m1/s1. The molecule has 0 aliphatic rings. The van der Waals surface area contributed by atoms with Crippen LogP contribution in [0.5, 0.6) is 0 Å². The van der Waals surface area contributed by atoms with Gasteiger partial charge in [-0.3, -0.25) is 0 Å². The zero-order chi connectivity index (χ0) is 12.7. The molecule has 0 saturated carbocycles. The highest BCUT2D eigenvalue weighted by Gasteiger charge is 2.24. The third kappa shape index (κ3) is 4.94. The van der Waals surface area contributed by atoms with Crippen LogP contribution in [0.25, 0.3) is 0 Å². The quantitative estimate of drug-likeness (QED) is 0.579. The van der Waals surface area contributed by atoms with Gasteiger partial charge in [-0.1, -0.05) is 51.1 Å². The van der Waals surface area contributed by atoms with E-state index in [0.717, 1.165) is 5.56 Å². The van der Waals surface area contributed by atoms with Crippen molar-refractivity contribution in [2.75, 3.05) is 6.61 Å². The molecule has 0 amide bonds. The van der Waals surface area contributed by atoms with Gasteiger partial charge >= 0.3 is 0 Å². The van der Waals surface area contributed by atoms with Gasteiger partial charge in [0.25, 0.3) is 0 Å². The van der Waals surface area contributed by atoms with Crippen molar-refractivity contribution in [1.29, 1.82) is 0 Å². The molecular formula is C14H19NO2. The number of hydrogen-bond donors (Lipinski definition) is 0. The van der Waals surface area contributed by atoms with Crippen LogP contribution >= 0.6 is 0 Å². The number of ether oxygens (including phenoxy) is 1. The largest absolute Gasteiger partial charge is 0.374 e. The molecule has 3 heteroatoms. The monoisotopic (exact) mass is 233 g/mol. The lowest BCUT2D eigenvalue weighted by Crippen LogP contribution is -2.29. The number of carbonyl (C=O) groups excluding carboxylic acids is 1. The fourth-order valence-corrected chi connectivity index (χ4v) is 1.41. The number of rotatable bonds is 5. The first-order chi connectivity index (χ1) is 8.04. The van der Waals surface area contributed by atoms with Crippen LogP contribution in [0.4, 0.5) is 0 Å². The third-order valence-corrected chi connectivity index (χ3v) is 2.60. The number of benzene rings is 1. The van der Waals surface area contributed by atoms with Crippen molar-refractivity contribution in [3.8, 4) is 0 Å². The van der Waals surface area contributed by atoms with E-state index < -0.39 is 0 Å². The van der Waals surface area contributed by atoms with Gasteiger partial charge in [-0.2, -0.15) is 4.99 Å². The molecule has 0 aliphatic heterocycles. The molecule has 0 spiro atoms. The Morgan fingerprint density at radius 2 is 1.94 bits per heavy atom. The summed E-state index contributed by atoms with van der Waals surface area (Å²) < 4.78 is 5.59. The van der Waals surface area contributed by atoms with Gasteiger partial charge < -0.3 is 4.74 Å². The Labute approximate surface area is 103 Å². The summed E-state index contributed by atoms with van der Waals surface area (Å²) >= 11 is 0. The van der Waals surface area contributed by atoms with Gasteiger partial charge in [0.15, 0.2) is 0 Å². The summed E-state index contributed by atoms with van der Waals surface area (Å²) in [6, 6.07) is 9.79. The average Bonchev–Trinajstić information content (AvgIpc) is 2.28. The van der Waals surface area contributed by atoms with E-state index in [2.05, 4.69) is 4.99 Å². The third-order valence-electron chi connectivity index (χ3n) is 2.60. The van der Waals surface area contributed by atoms with Crippen LogP contribution in [-0.4, -0.2) is 18.7 Å². The Morgan fingerprint density at radius 3 is 2.47 bits per heavy atom. The summed E-state index contributed by atoms with van der Waals surface area (Å²) in [5, 5.41) is 0. The first kappa shape index (κ1) is 13.6. The van der Waals surface area contributed by atoms with Gasteiger partial charge in [0.1, 0.15) is 0 Å². The molecule has 0 unspecified atom stereocenters. The minimum Gasteiger partial charge on any atom is -0.374 e. The summed E-state index contributed by atoms with van der Waals surface area (Å²) in [4.78, 5) is 14.1. The second-order valence-corrected chi connectivity index (χ2v) is 5.10. The van der Waals surface area contributed by atoms with Gasteiger partial charge in [0.2, 0.25) is 6.08 Å². The van der Waals surface area contributed by atoms with Crippen molar-refractivity contribution < 1.29 is 9.53 Å². The zero-order valence-corrected chi connectivity index (χ0v) is 10.6. The average molecular weight is 233 g/mol. The highest BCUT2D eigenvalue weighted by Crippen LogP contribution is 2.22. The van der Waals surface area contributed by atoms with E-state index in [1.165, 1.54) is 0 Å². The summed E-state index contributed by atoms with van der Waals surface area (Å²) in [5.41, 5.74) is 1.03. The SMILES string of the molecule is CC(C)(C)[C@@H](COCc1ccccc1)N=C=O. The minimum atomic E-state index is -0.149. The van der Waals surface area contributed by atoms with Crippen molar-refractivity contribution in [2.24, 2.45) is 10.4 Å². The molecule has 0 saturated heterocycles. The lowest BCUT2D eigenvalue weighted by molar-refractivity contribution is 0.0799. The maximum absolute atomic E-state index is 10.3. The molecule has 17 heavy (non-hydrogen) atoms. The molecule has 0 radical (unpaired) electrons. The molecule has 1 atom stereocenters. The molecule has 1 aromatic carbocycles. The first-order valence-electron chi connectivity index (χ1n) is 5.72. The van der Waals surface area contributed by atoms with Crippen molar-refractivity contribution in [3.05, 3.63) is 35.9 Å². The highest BCUT2D eigenvalue weighted by molar-refractivity contribution is 5.33. The molecule has 0 fully saturated rings. The second-order valence-electron chi connectivity index (χ2n) is 5.10. The van der Waals surface area contributed by atoms with Crippen LogP contribution in [-0.2, 0) is 16.1 Å². The fourth-order valence-electron chi connectivity index (χ4n) is 1.41. The summed E-state index contributed by atoms with van der Waals surface area (Å²) in [6.07, 6.45) is 1.62. The Kier molecular flexibility index (Phi) is 5.08. The number of isocyanates is 1. The fraction of sp³-hybridized carbons (Fsp3) is 0.500. The Bertz CT molecular complexity index is 375. The maximum atomic E-state index is 10.3. The Hall–Kier alpha value is -1.44.